The molecule has 0 saturated carbocycles. The summed E-state index contributed by atoms with van der Waals surface area (Å²) >= 11 is 0. The Bertz CT molecular complexity index is 312. The molecule has 1 aromatic rings. The number of rotatable bonds is 5. The van der Waals surface area contributed by atoms with Crippen LogP contribution in [0.3, 0.4) is 0 Å². The van der Waals surface area contributed by atoms with E-state index in [4.69, 9.17) is 4.74 Å². The van der Waals surface area contributed by atoms with E-state index >= 15 is 0 Å². The summed E-state index contributed by atoms with van der Waals surface area (Å²) in [6.45, 7) is 5.37. The third kappa shape index (κ3) is 3.76. The fourth-order valence-electron chi connectivity index (χ4n) is 1.29. The zero-order valence-electron chi connectivity index (χ0n) is 9.36. The molecule has 0 radical (unpaired) electrons. The first-order chi connectivity index (χ1) is 7.07. The van der Waals surface area contributed by atoms with E-state index in [0.29, 0.717) is 6.42 Å². The van der Waals surface area contributed by atoms with E-state index in [1.54, 1.807) is 20.1 Å². The Balaban J connectivity index is 2.54. The van der Waals surface area contributed by atoms with E-state index in [1.165, 1.54) is 5.56 Å². The van der Waals surface area contributed by atoms with E-state index in [-0.39, 0.29) is 0 Å². The molecule has 1 atom stereocenters. The molecular formula is C13H18O2. The molecule has 0 saturated heterocycles. The molecule has 0 aliphatic heterocycles. The zero-order chi connectivity index (χ0) is 11.3. The van der Waals surface area contributed by atoms with Gasteiger partial charge in [-0.15, -0.1) is 6.58 Å². The molecule has 0 fully saturated rings. The molecule has 0 heterocycles. The van der Waals surface area contributed by atoms with Gasteiger partial charge in [-0.3, -0.25) is 0 Å². The topological polar surface area (TPSA) is 29.5 Å². The van der Waals surface area contributed by atoms with E-state index in [9.17, 15) is 5.11 Å². The third-order valence-electron chi connectivity index (χ3n) is 2.52. The lowest BCUT2D eigenvalue weighted by atomic mass is 9.97. The monoisotopic (exact) mass is 206 g/mol. The van der Waals surface area contributed by atoms with E-state index < -0.39 is 5.60 Å². The zero-order valence-corrected chi connectivity index (χ0v) is 9.36. The molecule has 15 heavy (non-hydrogen) atoms. The molecule has 0 aliphatic carbocycles. The van der Waals surface area contributed by atoms with E-state index in [0.717, 1.165) is 12.2 Å². The van der Waals surface area contributed by atoms with Crippen LogP contribution in [0.5, 0.6) is 5.75 Å². The van der Waals surface area contributed by atoms with Crippen molar-refractivity contribution in [2.45, 2.75) is 25.4 Å². The number of aliphatic hydroxyl groups is 1. The minimum Gasteiger partial charge on any atom is -0.497 e. The van der Waals surface area contributed by atoms with Crippen LogP contribution in [0.25, 0.3) is 0 Å². The predicted molar refractivity (Wildman–Crippen MR) is 62.1 cm³/mol. The summed E-state index contributed by atoms with van der Waals surface area (Å²) in [6.07, 6.45) is 3.10. The summed E-state index contributed by atoms with van der Waals surface area (Å²) in [5, 5.41) is 9.74. The lowest BCUT2D eigenvalue weighted by Gasteiger charge is -2.17. The number of hydrogen-bond acceptors (Lipinski definition) is 2. The number of hydrogen-bond donors (Lipinski definition) is 1. The fourth-order valence-corrected chi connectivity index (χ4v) is 1.29. The lowest BCUT2D eigenvalue weighted by molar-refractivity contribution is 0.103. The first-order valence-electron chi connectivity index (χ1n) is 5.06. The number of benzene rings is 1. The van der Waals surface area contributed by atoms with Crippen molar-refractivity contribution >= 4 is 0 Å². The van der Waals surface area contributed by atoms with Crippen LogP contribution in [0.4, 0.5) is 0 Å². The molecular weight excluding hydrogens is 188 g/mol. The summed E-state index contributed by atoms with van der Waals surface area (Å²) in [5.74, 6) is 0.856. The van der Waals surface area contributed by atoms with Crippen LogP contribution < -0.4 is 4.74 Å². The van der Waals surface area contributed by atoms with Crippen molar-refractivity contribution in [3.05, 3.63) is 42.5 Å². The summed E-state index contributed by atoms with van der Waals surface area (Å²) in [5.41, 5.74) is 0.415. The van der Waals surface area contributed by atoms with Crippen molar-refractivity contribution in [3.8, 4) is 5.75 Å². The smallest absolute Gasteiger partial charge is 0.118 e. The largest absolute Gasteiger partial charge is 0.497 e. The second kappa shape index (κ2) is 4.99. The van der Waals surface area contributed by atoms with Gasteiger partial charge in [-0.25, -0.2) is 0 Å². The molecule has 2 nitrogen and oxygen atoms in total. The second-order valence-electron chi connectivity index (χ2n) is 3.91. The molecule has 0 aromatic heterocycles. The molecule has 0 bridgehead atoms. The molecule has 1 rings (SSSR count). The molecule has 0 spiro atoms. The Morgan fingerprint density at radius 3 is 2.47 bits per heavy atom. The summed E-state index contributed by atoms with van der Waals surface area (Å²) < 4.78 is 5.07. The molecule has 0 amide bonds. The lowest BCUT2D eigenvalue weighted by Crippen LogP contribution is -2.20. The normalized spacial score (nSPS) is 14.3. The predicted octanol–water partition coefficient (Wildman–Crippen LogP) is 2.56. The van der Waals surface area contributed by atoms with Crippen LogP contribution in [-0.2, 0) is 6.42 Å². The first-order valence-corrected chi connectivity index (χ1v) is 5.06. The van der Waals surface area contributed by atoms with Crippen LogP contribution in [-0.4, -0.2) is 17.8 Å². The van der Waals surface area contributed by atoms with Gasteiger partial charge in [-0.05, 0) is 37.5 Å². The van der Waals surface area contributed by atoms with Gasteiger partial charge in [0.2, 0.25) is 0 Å². The SMILES string of the molecule is C=CC(C)(O)CCc1ccc(OC)cc1. The summed E-state index contributed by atoms with van der Waals surface area (Å²) in [6, 6.07) is 7.88. The number of aryl methyl sites for hydroxylation is 1. The molecule has 0 aliphatic rings. The van der Waals surface area contributed by atoms with E-state index in [1.807, 2.05) is 24.3 Å². The van der Waals surface area contributed by atoms with Crippen LogP contribution in [0.2, 0.25) is 0 Å². The van der Waals surface area contributed by atoms with Gasteiger partial charge in [0.05, 0.1) is 12.7 Å². The maximum absolute atomic E-state index is 9.74. The highest BCUT2D eigenvalue weighted by Gasteiger charge is 2.14. The average molecular weight is 206 g/mol. The van der Waals surface area contributed by atoms with Gasteiger partial charge in [0, 0.05) is 0 Å². The van der Waals surface area contributed by atoms with Gasteiger partial charge < -0.3 is 9.84 Å². The Hall–Kier alpha value is -1.28. The third-order valence-corrected chi connectivity index (χ3v) is 2.52. The van der Waals surface area contributed by atoms with Crippen LogP contribution in [0.1, 0.15) is 18.9 Å². The molecule has 1 aromatic carbocycles. The van der Waals surface area contributed by atoms with Gasteiger partial charge in [-0.1, -0.05) is 18.2 Å². The van der Waals surface area contributed by atoms with Crippen molar-refractivity contribution in [1.29, 1.82) is 0 Å². The number of ether oxygens (including phenoxy) is 1. The van der Waals surface area contributed by atoms with Gasteiger partial charge in [-0.2, -0.15) is 0 Å². The highest BCUT2D eigenvalue weighted by atomic mass is 16.5. The standard InChI is InChI=1S/C13H18O2/c1-4-13(2,14)10-9-11-5-7-12(15-3)8-6-11/h4-8,14H,1,9-10H2,2-3H3. The van der Waals surface area contributed by atoms with Gasteiger partial charge >= 0.3 is 0 Å². The second-order valence-corrected chi connectivity index (χ2v) is 3.91. The average Bonchev–Trinajstić information content (AvgIpc) is 2.27. The molecule has 1 N–H and O–H groups in total. The van der Waals surface area contributed by atoms with Crippen molar-refractivity contribution < 1.29 is 9.84 Å². The number of methoxy groups -OCH3 is 1. The quantitative estimate of drug-likeness (QED) is 0.750. The Morgan fingerprint density at radius 2 is 2.00 bits per heavy atom. The first kappa shape index (κ1) is 11.8. The van der Waals surface area contributed by atoms with Crippen molar-refractivity contribution in [2.75, 3.05) is 7.11 Å². The minimum atomic E-state index is -0.778. The van der Waals surface area contributed by atoms with Crippen molar-refractivity contribution in [2.24, 2.45) is 0 Å². The maximum Gasteiger partial charge on any atom is 0.118 e. The van der Waals surface area contributed by atoms with Crippen LogP contribution in [0, 0.1) is 0 Å². The van der Waals surface area contributed by atoms with Gasteiger partial charge in [0.15, 0.2) is 0 Å². The molecule has 82 valence electrons. The summed E-state index contributed by atoms with van der Waals surface area (Å²) in [4.78, 5) is 0. The van der Waals surface area contributed by atoms with Gasteiger partial charge in [0.1, 0.15) is 5.75 Å². The van der Waals surface area contributed by atoms with Crippen LogP contribution in [0.15, 0.2) is 36.9 Å². The highest BCUT2D eigenvalue weighted by Crippen LogP contribution is 2.17. The Kier molecular flexibility index (Phi) is 3.92. The van der Waals surface area contributed by atoms with Crippen molar-refractivity contribution in [3.63, 3.8) is 0 Å². The van der Waals surface area contributed by atoms with Gasteiger partial charge in [0.25, 0.3) is 0 Å². The minimum absolute atomic E-state index is 0.683. The van der Waals surface area contributed by atoms with Crippen molar-refractivity contribution in [1.82, 2.24) is 0 Å². The Labute approximate surface area is 91.2 Å². The maximum atomic E-state index is 9.74. The Morgan fingerprint density at radius 1 is 1.40 bits per heavy atom. The molecule has 1 unspecified atom stereocenters. The summed E-state index contributed by atoms with van der Waals surface area (Å²) in [7, 11) is 1.65. The van der Waals surface area contributed by atoms with Crippen LogP contribution >= 0.6 is 0 Å². The molecule has 2 heteroatoms. The fraction of sp³-hybridized carbons (Fsp3) is 0.385. The van der Waals surface area contributed by atoms with E-state index in [2.05, 4.69) is 6.58 Å². The highest BCUT2D eigenvalue weighted by molar-refractivity contribution is 5.27.